The van der Waals surface area contributed by atoms with Gasteiger partial charge < -0.3 is 14.8 Å². The largest absolute Gasteiger partial charge is 0.479 e. The van der Waals surface area contributed by atoms with Crippen LogP contribution in [0.3, 0.4) is 0 Å². The van der Waals surface area contributed by atoms with Crippen molar-refractivity contribution in [2.75, 3.05) is 27.4 Å². The summed E-state index contributed by atoms with van der Waals surface area (Å²) in [5, 5.41) is 11.3. The SMILES string of the molecule is COCCCNC(=O)c1nnn(Cc2ccccc2Cl)c1OC. The minimum atomic E-state index is -0.330. The number of methoxy groups -OCH3 is 2. The highest BCUT2D eigenvalue weighted by Crippen LogP contribution is 2.20. The Hall–Kier alpha value is -2.12. The summed E-state index contributed by atoms with van der Waals surface area (Å²) < 4.78 is 11.7. The van der Waals surface area contributed by atoms with Crippen LogP contribution in [0.5, 0.6) is 5.88 Å². The van der Waals surface area contributed by atoms with Crippen molar-refractivity contribution in [1.29, 1.82) is 0 Å². The first-order valence-electron chi connectivity index (χ1n) is 7.15. The van der Waals surface area contributed by atoms with Gasteiger partial charge in [0.05, 0.1) is 13.7 Å². The van der Waals surface area contributed by atoms with Crippen LogP contribution in [0.4, 0.5) is 0 Å². The number of hydrogen-bond donors (Lipinski definition) is 1. The molecule has 1 aromatic heterocycles. The summed E-state index contributed by atoms with van der Waals surface area (Å²) in [7, 11) is 3.09. The molecular formula is C15H19ClN4O3. The van der Waals surface area contributed by atoms with Crippen LogP contribution in [-0.2, 0) is 11.3 Å². The fourth-order valence-electron chi connectivity index (χ4n) is 2.04. The molecule has 0 spiro atoms. The number of ether oxygens (including phenoxy) is 2. The van der Waals surface area contributed by atoms with Gasteiger partial charge in [0.25, 0.3) is 5.91 Å². The molecule has 2 aromatic rings. The fourth-order valence-corrected chi connectivity index (χ4v) is 2.24. The summed E-state index contributed by atoms with van der Waals surface area (Å²) in [5.41, 5.74) is 1.02. The Kier molecular flexibility index (Phi) is 6.37. The van der Waals surface area contributed by atoms with Crippen LogP contribution in [-0.4, -0.2) is 48.3 Å². The molecule has 23 heavy (non-hydrogen) atoms. The summed E-state index contributed by atoms with van der Waals surface area (Å²) in [6.45, 7) is 1.44. The van der Waals surface area contributed by atoms with Crippen molar-refractivity contribution in [3.05, 3.63) is 40.5 Å². The lowest BCUT2D eigenvalue weighted by atomic mass is 10.2. The Labute approximate surface area is 139 Å². The van der Waals surface area contributed by atoms with Crippen molar-refractivity contribution in [2.45, 2.75) is 13.0 Å². The molecule has 0 unspecified atom stereocenters. The minimum Gasteiger partial charge on any atom is -0.479 e. The van der Waals surface area contributed by atoms with E-state index in [-0.39, 0.29) is 11.6 Å². The van der Waals surface area contributed by atoms with Crippen molar-refractivity contribution in [3.8, 4) is 5.88 Å². The highest BCUT2D eigenvalue weighted by Gasteiger charge is 2.20. The van der Waals surface area contributed by atoms with Gasteiger partial charge in [0, 0.05) is 25.3 Å². The summed E-state index contributed by atoms with van der Waals surface area (Å²) >= 11 is 6.14. The van der Waals surface area contributed by atoms with Gasteiger partial charge in [0.15, 0.2) is 0 Å². The first-order valence-corrected chi connectivity index (χ1v) is 7.53. The Morgan fingerprint density at radius 2 is 2.13 bits per heavy atom. The Morgan fingerprint density at radius 1 is 1.35 bits per heavy atom. The van der Waals surface area contributed by atoms with Crippen LogP contribution < -0.4 is 10.1 Å². The second kappa shape index (κ2) is 8.50. The zero-order valence-corrected chi connectivity index (χ0v) is 13.8. The molecule has 0 saturated carbocycles. The molecule has 124 valence electrons. The molecule has 0 aliphatic heterocycles. The molecule has 1 heterocycles. The maximum absolute atomic E-state index is 12.1. The van der Waals surface area contributed by atoms with E-state index in [1.807, 2.05) is 18.2 Å². The van der Waals surface area contributed by atoms with Crippen molar-refractivity contribution in [1.82, 2.24) is 20.3 Å². The number of hydrogen-bond acceptors (Lipinski definition) is 5. The zero-order valence-electron chi connectivity index (χ0n) is 13.1. The molecule has 8 heteroatoms. The molecule has 2 rings (SSSR count). The third-order valence-corrected chi connectivity index (χ3v) is 3.56. The number of carbonyl (C=O) groups is 1. The number of halogens is 1. The quantitative estimate of drug-likeness (QED) is 0.742. The van der Waals surface area contributed by atoms with E-state index in [2.05, 4.69) is 15.6 Å². The minimum absolute atomic E-state index is 0.150. The number of benzene rings is 1. The number of rotatable bonds is 8. The molecule has 0 radical (unpaired) electrons. The van der Waals surface area contributed by atoms with Crippen LogP contribution >= 0.6 is 11.6 Å². The number of nitrogens with one attached hydrogen (secondary N) is 1. The van der Waals surface area contributed by atoms with Crippen LogP contribution in [0.1, 0.15) is 22.5 Å². The smallest absolute Gasteiger partial charge is 0.277 e. The third kappa shape index (κ3) is 4.43. The average Bonchev–Trinajstić information content (AvgIpc) is 2.96. The van der Waals surface area contributed by atoms with Crippen molar-refractivity contribution < 1.29 is 14.3 Å². The lowest BCUT2D eigenvalue weighted by molar-refractivity contribution is 0.0940. The van der Waals surface area contributed by atoms with Gasteiger partial charge in [-0.2, -0.15) is 0 Å². The molecule has 0 aliphatic rings. The van der Waals surface area contributed by atoms with Crippen molar-refractivity contribution in [2.24, 2.45) is 0 Å². The first-order chi connectivity index (χ1) is 11.2. The van der Waals surface area contributed by atoms with E-state index in [0.717, 1.165) is 12.0 Å². The van der Waals surface area contributed by atoms with Crippen molar-refractivity contribution >= 4 is 17.5 Å². The Bertz CT molecular complexity index is 660. The van der Waals surface area contributed by atoms with Gasteiger partial charge in [0.2, 0.25) is 11.6 Å². The van der Waals surface area contributed by atoms with Crippen LogP contribution in [0.2, 0.25) is 5.02 Å². The topological polar surface area (TPSA) is 78.3 Å². The maximum Gasteiger partial charge on any atom is 0.277 e. The van der Waals surface area contributed by atoms with Gasteiger partial charge in [-0.1, -0.05) is 35.0 Å². The summed E-state index contributed by atoms with van der Waals surface area (Å²) in [6, 6.07) is 7.41. The highest BCUT2D eigenvalue weighted by molar-refractivity contribution is 6.31. The molecule has 0 atom stereocenters. The number of nitrogens with zero attached hydrogens (tertiary/aromatic N) is 3. The molecule has 7 nitrogen and oxygen atoms in total. The lowest BCUT2D eigenvalue weighted by Gasteiger charge is -2.08. The molecule has 0 aliphatic carbocycles. The van der Waals surface area contributed by atoms with Crippen LogP contribution in [0.25, 0.3) is 0 Å². The Balaban J connectivity index is 2.10. The van der Waals surface area contributed by atoms with Gasteiger partial charge in [-0.05, 0) is 18.1 Å². The van der Waals surface area contributed by atoms with Crippen molar-refractivity contribution in [3.63, 3.8) is 0 Å². The average molecular weight is 339 g/mol. The van der Waals surface area contributed by atoms with Gasteiger partial charge in [-0.25, -0.2) is 4.68 Å². The van der Waals surface area contributed by atoms with Gasteiger partial charge >= 0.3 is 0 Å². The second-order valence-electron chi connectivity index (χ2n) is 4.80. The molecule has 0 bridgehead atoms. The third-order valence-electron chi connectivity index (χ3n) is 3.19. The lowest BCUT2D eigenvalue weighted by Crippen LogP contribution is -2.26. The van der Waals surface area contributed by atoms with E-state index in [0.29, 0.717) is 30.6 Å². The number of amides is 1. The molecule has 0 fully saturated rings. The normalized spacial score (nSPS) is 10.6. The highest BCUT2D eigenvalue weighted by atomic mass is 35.5. The van der Waals surface area contributed by atoms with Crippen LogP contribution in [0.15, 0.2) is 24.3 Å². The summed E-state index contributed by atoms with van der Waals surface area (Å²) in [4.78, 5) is 12.1. The summed E-state index contributed by atoms with van der Waals surface area (Å²) in [6.07, 6.45) is 0.721. The van der Waals surface area contributed by atoms with E-state index >= 15 is 0 Å². The monoisotopic (exact) mass is 338 g/mol. The molecular weight excluding hydrogens is 320 g/mol. The standard InChI is InChI=1S/C15H19ClN4O3/c1-22-9-5-8-17-14(21)13-15(23-2)20(19-18-13)10-11-6-3-4-7-12(11)16/h3-4,6-7H,5,8-10H2,1-2H3,(H,17,21). The number of carbonyl (C=O) groups excluding carboxylic acids is 1. The van der Waals surface area contributed by atoms with Gasteiger partial charge in [0.1, 0.15) is 0 Å². The second-order valence-corrected chi connectivity index (χ2v) is 5.21. The number of aromatic nitrogens is 3. The predicted octanol–water partition coefficient (Wildman–Crippen LogP) is 1.75. The first kappa shape index (κ1) is 17.2. The Morgan fingerprint density at radius 3 is 2.83 bits per heavy atom. The van der Waals surface area contributed by atoms with E-state index in [9.17, 15) is 4.79 Å². The van der Waals surface area contributed by atoms with Gasteiger partial charge in [-0.15, -0.1) is 5.10 Å². The van der Waals surface area contributed by atoms with E-state index in [1.54, 1.807) is 13.2 Å². The maximum atomic E-state index is 12.1. The van der Waals surface area contributed by atoms with Crippen LogP contribution in [0, 0.1) is 0 Å². The van der Waals surface area contributed by atoms with E-state index in [4.69, 9.17) is 21.1 Å². The van der Waals surface area contributed by atoms with Gasteiger partial charge in [-0.3, -0.25) is 4.79 Å². The molecule has 0 saturated heterocycles. The zero-order chi connectivity index (χ0) is 16.7. The summed E-state index contributed by atoms with van der Waals surface area (Å²) in [5.74, 6) is -0.0301. The molecule has 1 aromatic carbocycles. The molecule has 1 amide bonds. The fraction of sp³-hybridized carbons (Fsp3) is 0.400. The predicted molar refractivity (Wildman–Crippen MR) is 86.0 cm³/mol. The van der Waals surface area contributed by atoms with E-state index < -0.39 is 0 Å². The molecule has 1 N–H and O–H groups in total. The van der Waals surface area contributed by atoms with E-state index in [1.165, 1.54) is 11.8 Å².